The van der Waals surface area contributed by atoms with Gasteiger partial charge in [-0.25, -0.2) is 0 Å². The average molecular weight is 430 g/mol. The maximum Gasteiger partial charge on any atom is 0.236 e. The van der Waals surface area contributed by atoms with Gasteiger partial charge in [-0.2, -0.15) is 0 Å². The minimum absolute atomic E-state index is 0.109. The third kappa shape index (κ3) is 4.89. The Labute approximate surface area is 182 Å². The maximum atomic E-state index is 13.0. The molecule has 0 atom stereocenters. The van der Waals surface area contributed by atoms with Crippen LogP contribution in [0.5, 0.6) is 0 Å². The Hall–Kier alpha value is -2.49. The normalized spacial score (nSPS) is 18.5. The molecule has 2 aromatic heterocycles. The molecular weight excluding hydrogens is 398 g/mol. The Morgan fingerprint density at radius 2 is 1.58 bits per heavy atom. The van der Waals surface area contributed by atoms with E-state index in [1.807, 2.05) is 42.4 Å². The first-order valence-corrected chi connectivity index (χ1v) is 10.9. The molecule has 4 heterocycles. The van der Waals surface area contributed by atoms with Crippen molar-refractivity contribution >= 4 is 11.7 Å². The summed E-state index contributed by atoms with van der Waals surface area (Å²) >= 11 is 0. The van der Waals surface area contributed by atoms with Gasteiger partial charge in [0.1, 0.15) is 5.76 Å². The van der Waals surface area contributed by atoms with Crippen LogP contribution in [0, 0.1) is 20.8 Å². The minimum Gasteiger partial charge on any atom is -0.378 e. The number of nitrogens with zero attached hydrogens (tertiary/aromatic N) is 5. The molecule has 0 aromatic carbocycles. The summed E-state index contributed by atoms with van der Waals surface area (Å²) in [6.07, 6.45) is 0. The standard InChI is InChI=1S/C22H31N5O4/c1-16-12-19(18(3)27(16)21-13-17(2)31-23-21)20(28)14-24-4-6-25(7-5-24)15-22(29)26-8-10-30-11-9-26/h12-13H,4-11,14-15H2,1-3H3. The summed E-state index contributed by atoms with van der Waals surface area (Å²) in [6, 6.07) is 3.80. The first-order chi connectivity index (χ1) is 14.9. The van der Waals surface area contributed by atoms with Gasteiger partial charge in [-0.1, -0.05) is 5.16 Å². The highest BCUT2D eigenvalue weighted by atomic mass is 16.5. The van der Waals surface area contributed by atoms with Crippen LogP contribution < -0.4 is 0 Å². The summed E-state index contributed by atoms with van der Waals surface area (Å²) in [5.41, 5.74) is 2.56. The van der Waals surface area contributed by atoms with E-state index in [9.17, 15) is 9.59 Å². The molecular formula is C22H31N5O4. The number of rotatable bonds is 6. The second kappa shape index (κ2) is 9.33. The van der Waals surface area contributed by atoms with Crippen LogP contribution in [-0.2, 0) is 9.53 Å². The van der Waals surface area contributed by atoms with Crippen LogP contribution in [0.15, 0.2) is 16.7 Å². The molecule has 2 fully saturated rings. The number of aryl methyl sites for hydroxylation is 2. The van der Waals surface area contributed by atoms with Crippen LogP contribution in [0.4, 0.5) is 0 Å². The molecule has 1 amide bonds. The zero-order valence-corrected chi connectivity index (χ0v) is 18.6. The van der Waals surface area contributed by atoms with Gasteiger partial charge >= 0.3 is 0 Å². The Bertz CT molecular complexity index is 936. The van der Waals surface area contributed by atoms with Crippen LogP contribution in [0.25, 0.3) is 5.82 Å². The fraction of sp³-hybridized carbons (Fsp3) is 0.591. The molecule has 0 bridgehead atoms. The molecule has 9 nitrogen and oxygen atoms in total. The zero-order valence-electron chi connectivity index (χ0n) is 18.6. The second-order valence-corrected chi connectivity index (χ2v) is 8.38. The SMILES string of the molecule is Cc1cc(-n2c(C)cc(C(=O)CN3CCN(CC(=O)N4CCOCC4)CC3)c2C)no1. The highest BCUT2D eigenvalue weighted by Gasteiger charge is 2.25. The Kier molecular flexibility index (Phi) is 6.54. The lowest BCUT2D eigenvalue weighted by atomic mass is 10.1. The molecule has 0 radical (unpaired) electrons. The van der Waals surface area contributed by atoms with Crippen LogP contribution in [0.3, 0.4) is 0 Å². The number of hydrogen-bond acceptors (Lipinski definition) is 7. The molecule has 0 aliphatic carbocycles. The van der Waals surface area contributed by atoms with E-state index in [1.165, 1.54) is 0 Å². The second-order valence-electron chi connectivity index (χ2n) is 8.38. The third-order valence-corrected chi connectivity index (χ3v) is 6.13. The number of aromatic nitrogens is 2. The summed E-state index contributed by atoms with van der Waals surface area (Å²) in [4.78, 5) is 31.7. The van der Waals surface area contributed by atoms with Gasteiger partial charge in [-0.15, -0.1) is 0 Å². The number of ether oxygens (including phenoxy) is 1. The summed E-state index contributed by atoms with van der Waals surface area (Å²) in [7, 11) is 0. The molecule has 2 aliphatic rings. The van der Waals surface area contributed by atoms with Gasteiger partial charge in [0.25, 0.3) is 0 Å². The first-order valence-electron chi connectivity index (χ1n) is 10.9. The number of morpholine rings is 1. The number of piperazine rings is 1. The lowest BCUT2D eigenvalue weighted by molar-refractivity contribution is -0.136. The van der Waals surface area contributed by atoms with Gasteiger partial charge in [0, 0.05) is 62.3 Å². The van der Waals surface area contributed by atoms with Crippen molar-refractivity contribution in [3.63, 3.8) is 0 Å². The molecule has 0 spiro atoms. The average Bonchev–Trinajstić information content (AvgIpc) is 3.32. The molecule has 2 aliphatic heterocycles. The monoisotopic (exact) mass is 429 g/mol. The van der Waals surface area contributed by atoms with Crippen LogP contribution in [-0.4, -0.2) is 102 Å². The van der Waals surface area contributed by atoms with Crippen molar-refractivity contribution in [2.75, 3.05) is 65.6 Å². The predicted molar refractivity (Wildman–Crippen MR) is 115 cm³/mol. The highest BCUT2D eigenvalue weighted by Crippen LogP contribution is 2.21. The fourth-order valence-corrected chi connectivity index (χ4v) is 4.35. The molecule has 0 N–H and O–H groups in total. The lowest BCUT2D eigenvalue weighted by Gasteiger charge is -2.35. The van der Waals surface area contributed by atoms with Crippen molar-refractivity contribution in [1.29, 1.82) is 0 Å². The number of Topliss-reactive ketones (excluding diaryl/α,β-unsaturated/α-hetero) is 1. The Morgan fingerprint density at radius 3 is 2.19 bits per heavy atom. The highest BCUT2D eigenvalue weighted by molar-refractivity contribution is 5.99. The van der Waals surface area contributed by atoms with Crippen molar-refractivity contribution in [3.8, 4) is 5.82 Å². The van der Waals surface area contributed by atoms with Crippen LogP contribution in [0.2, 0.25) is 0 Å². The summed E-state index contributed by atoms with van der Waals surface area (Å²) in [6.45, 7) is 12.3. The van der Waals surface area contributed by atoms with Gasteiger partial charge in [0.15, 0.2) is 11.6 Å². The van der Waals surface area contributed by atoms with Crippen molar-refractivity contribution in [3.05, 3.63) is 34.8 Å². The summed E-state index contributed by atoms with van der Waals surface area (Å²) in [5.74, 6) is 1.71. The van der Waals surface area contributed by atoms with E-state index in [-0.39, 0.29) is 11.7 Å². The van der Waals surface area contributed by atoms with Crippen molar-refractivity contribution < 1.29 is 18.8 Å². The molecule has 168 valence electrons. The van der Waals surface area contributed by atoms with Gasteiger partial charge in [-0.05, 0) is 26.8 Å². The number of hydrogen-bond donors (Lipinski definition) is 0. The molecule has 9 heteroatoms. The maximum absolute atomic E-state index is 13.0. The number of amides is 1. The first kappa shape index (κ1) is 21.7. The van der Waals surface area contributed by atoms with E-state index >= 15 is 0 Å². The van der Waals surface area contributed by atoms with E-state index in [0.29, 0.717) is 45.2 Å². The number of carbonyl (C=O) groups excluding carboxylic acids is 2. The molecule has 4 rings (SSSR count). The smallest absolute Gasteiger partial charge is 0.236 e. The van der Waals surface area contributed by atoms with Gasteiger partial charge in [0.05, 0.1) is 26.3 Å². The molecule has 0 saturated carbocycles. The van der Waals surface area contributed by atoms with Gasteiger partial charge in [-0.3, -0.25) is 24.0 Å². The topological polar surface area (TPSA) is 84.1 Å². The molecule has 2 saturated heterocycles. The fourth-order valence-electron chi connectivity index (χ4n) is 4.35. The quantitative estimate of drug-likeness (QED) is 0.635. The minimum atomic E-state index is 0.109. The number of ketones is 1. The van der Waals surface area contributed by atoms with E-state index < -0.39 is 0 Å². The van der Waals surface area contributed by atoms with Crippen LogP contribution >= 0.6 is 0 Å². The van der Waals surface area contributed by atoms with E-state index in [4.69, 9.17) is 9.26 Å². The summed E-state index contributed by atoms with van der Waals surface area (Å²) in [5, 5.41) is 4.08. The Balaban J connectivity index is 1.31. The van der Waals surface area contributed by atoms with E-state index in [0.717, 1.165) is 48.9 Å². The van der Waals surface area contributed by atoms with Crippen molar-refractivity contribution in [1.82, 2.24) is 24.4 Å². The zero-order chi connectivity index (χ0) is 22.0. The molecule has 31 heavy (non-hydrogen) atoms. The molecule has 2 aromatic rings. The molecule has 0 unspecified atom stereocenters. The van der Waals surface area contributed by atoms with Gasteiger partial charge < -0.3 is 14.2 Å². The van der Waals surface area contributed by atoms with E-state index in [2.05, 4.69) is 15.0 Å². The van der Waals surface area contributed by atoms with Crippen molar-refractivity contribution in [2.45, 2.75) is 20.8 Å². The van der Waals surface area contributed by atoms with E-state index in [1.54, 1.807) is 0 Å². The van der Waals surface area contributed by atoms with Crippen LogP contribution in [0.1, 0.15) is 27.5 Å². The summed E-state index contributed by atoms with van der Waals surface area (Å²) < 4.78 is 12.5. The Morgan fingerprint density at radius 1 is 0.935 bits per heavy atom. The third-order valence-electron chi connectivity index (χ3n) is 6.13. The van der Waals surface area contributed by atoms with Crippen molar-refractivity contribution in [2.24, 2.45) is 0 Å². The van der Waals surface area contributed by atoms with Gasteiger partial charge in [0.2, 0.25) is 5.91 Å². The predicted octanol–water partition coefficient (Wildman–Crippen LogP) is 1.05. The lowest BCUT2D eigenvalue weighted by Crippen LogP contribution is -2.52. The number of carbonyl (C=O) groups is 2. The largest absolute Gasteiger partial charge is 0.378 e.